The Hall–Kier alpha value is -1.03. The topological polar surface area (TPSA) is 52.7 Å². The number of H-pyrrole nitrogens is 1. The molecule has 3 N–H and O–H groups in total. The lowest BCUT2D eigenvalue weighted by Crippen LogP contribution is -2.35. The molecule has 0 radical (unpaired) electrons. The molecule has 0 saturated carbocycles. The number of piperidine rings is 1. The van der Waals surface area contributed by atoms with Gasteiger partial charge in [-0.25, -0.2) is 4.98 Å². The fourth-order valence-corrected chi connectivity index (χ4v) is 1.50. The van der Waals surface area contributed by atoms with Crippen molar-refractivity contribution >= 4 is 5.95 Å². The first-order valence-electron chi connectivity index (χ1n) is 4.42. The van der Waals surface area contributed by atoms with Gasteiger partial charge in [-0.1, -0.05) is 0 Å². The average molecular weight is 166 g/mol. The van der Waals surface area contributed by atoms with Crippen LogP contribution in [0.3, 0.4) is 0 Å². The summed E-state index contributed by atoms with van der Waals surface area (Å²) >= 11 is 0. The molecule has 4 nitrogen and oxygen atoms in total. The monoisotopic (exact) mass is 166 g/mol. The van der Waals surface area contributed by atoms with Gasteiger partial charge in [-0.2, -0.15) is 0 Å². The van der Waals surface area contributed by atoms with E-state index in [2.05, 4.69) is 20.6 Å². The van der Waals surface area contributed by atoms with Gasteiger partial charge in [0.15, 0.2) is 5.95 Å². The zero-order valence-corrected chi connectivity index (χ0v) is 7.01. The molecule has 0 spiro atoms. The quantitative estimate of drug-likeness (QED) is 0.602. The summed E-state index contributed by atoms with van der Waals surface area (Å²) < 4.78 is 0. The molecule has 0 aliphatic carbocycles. The molecule has 1 aliphatic heterocycles. The van der Waals surface area contributed by atoms with Gasteiger partial charge in [-0.3, -0.25) is 0 Å². The Morgan fingerprint density at radius 1 is 1.42 bits per heavy atom. The molecule has 2 heterocycles. The van der Waals surface area contributed by atoms with Crippen LogP contribution >= 0.6 is 0 Å². The molecule has 1 aromatic rings. The second-order valence-corrected chi connectivity index (χ2v) is 3.11. The van der Waals surface area contributed by atoms with Gasteiger partial charge in [0.25, 0.3) is 0 Å². The fourth-order valence-electron chi connectivity index (χ4n) is 1.50. The second kappa shape index (κ2) is 3.58. The third-order valence-electron chi connectivity index (χ3n) is 2.18. The maximum atomic E-state index is 4.12. The molecule has 1 aliphatic rings. The number of rotatable bonds is 2. The maximum Gasteiger partial charge on any atom is 0.200 e. The van der Waals surface area contributed by atoms with Gasteiger partial charge in [0, 0.05) is 18.4 Å². The first-order valence-corrected chi connectivity index (χ1v) is 4.42. The number of aromatic nitrogens is 2. The lowest BCUT2D eigenvalue weighted by Gasteiger charge is -2.23. The van der Waals surface area contributed by atoms with Gasteiger partial charge in [-0.05, 0) is 25.9 Å². The predicted octanol–water partition coefficient (Wildman–Crippen LogP) is 0.574. The maximum absolute atomic E-state index is 4.12. The highest BCUT2D eigenvalue weighted by Gasteiger charge is 2.12. The van der Waals surface area contributed by atoms with Crippen molar-refractivity contribution in [1.82, 2.24) is 15.3 Å². The number of imidazole rings is 1. The molecule has 2 rings (SSSR count). The fraction of sp³-hybridized carbons (Fsp3) is 0.625. The van der Waals surface area contributed by atoms with Crippen LogP contribution in [0.1, 0.15) is 12.8 Å². The minimum absolute atomic E-state index is 0.581. The molecule has 1 saturated heterocycles. The molecule has 0 bridgehead atoms. The molecule has 1 fully saturated rings. The van der Waals surface area contributed by atoms with E-state index in [0.29, 0.717) is 6.04 Å². The summed E-state index contributed by atoms with van der Waals surface area (Å²) in [4.78, 5) is 7.17. The van der Waals surface area contributed by atoms with Crippen molar-refractivity contribution in [1.29, 1.82) is 0 Å². The minimum atomic E-state index is 0.581. The molecule has 12 heavy (non-hydrogen) atoms. The third-order valence-corrected chi connectivity index (χ3v) is 2.18. The van der Waals surface area contributed by atoms with E-state index >= 15 is 0 Å². The van der Waals surface area contributed by atoms with E-state index < -0.39 is 0 Å². The minimum Gasteiger partial charge on any atom is -0.353 e. The van der Waals surface area contributed by atoms with Crippen LogP contribution in [0.5, 0.6) is 0 Å². The number of nitrogens with one attached hydrogen (secondary N) is 3. The summed E-state index contributed by atoms with van der Waals surface area (Å²) in [6, 6.07) is 0.581. The van der Waals surface area contributed by atoms with Gasteiger partial charge < -0.3 is 15.6 Å². The standard InChI is InChI=1S/C8H14N4/c1-3-9-4-2-7(1)12-8-10-5-6-11-8/h5-7,9H,1-4H2,(H2,10,11,12). The molecule has 1 aromatic heterocycles. The molecule has 66 valence electrons. The van der Waals surface area contributed by atoms with E-state index in [1.165, 1.54) is 12.8 Å². The predicted molar refractivity (Wildman–Crippen MR) is 48.1 cm³/mol. The Balaban J connectivity index is 1.86. The Bertz CT molecular complexity index is 213. The highest BCUT2D eigenvalue weighted by Crippen LogP contribution is 2.07. The van der Waals surface area contributed by atoms with Crippen LogP contribution in [0.25, 0.3) is 0 Å². The van der Waals surface area contributed by atoms with Crippen molar-refractivity contribution in [3.8, 4) is 0 Å². The number of hydrogen-bond acceptors (Lipinski definition) is 3. The van der Waals surface area contributed by atoms with Crippen LogP contribution in [0.2, 0.25) is 0 Å². The zero-order valence-electron chi connectivity index (χ0n) is 7.01. The van der Waals surface area contributed by atoms with E-state index in [-0.39, 0.29) is 0 Å². The second-order valence-electron chi connectivity index (χ2n) is 3.11. The summed E-state index contributed by atoms with van der Waals surface area (Å²) in [5.41, 5.74) is 0. The molecular formula is C8H14N4. The molecule has 0 atom stereocenters. The number of anilines is 1. The van der Waals surface area contributed by atoms with Crippen LogP contribution in [0.4, 0.5) is 5.95 Å². The summed E-state index contributed by atoms with van der Waals surface area (Å²) in [6.45, 7) is 2.22. The molecule has 0 aromatic carbocycles. The highest BCUT2D eigenvalue weighted by molar-refractivity contribution is 5.24. The van der Waals surface area contributed by atoms with Gasteiger partial charge in [0.1, 0.15) is 0 Å². The van der Waals surface area contributed by atoms with Crippen LogP contribution < -0.4 is 10.6 Å². The van der Waals surface area contributed by atoms with E-state index in [4.69, 9.17) is 0 Å². The van der Waals surface area contributed by atoms with Gasteiger partial charge in [0.05, 0.1) is 0 Å². The van der Waals surface area contributed by atoms with E-state index in [9.17, 15) is 0 Å². The van der Waals surface area contributed by atoms with Crippen LogP contribution in [-0.4, -0.2) is 29.1 Å². The summed E-state index contributed by atoms with van der Waals surface area (Å²) in [6.07, 6.45) is 5.97. The van der Waals surface area contributed by atoms with Crippen LogP contribution in [0, 0.1) is 0 Å². The first-order chi connectivity index (χ1) is 5.95. The van der Waals surface area contributed by atoms with Crippen molar-refractivity contribution in [2.45, 2.75) is 18.9 Å². The van der Waals surface area contributed by atoms with Crippen molar-refractivity contribution in [2.24, 2.45) is 0 Å². The summed E-state index contributed by atoms with van der Waals surface area (Å²) in [7, 11) is 0. The Labute approximate surface area is 71.8 Å². The number of nitrogens with zero attached hydrogens (tertiary/aromatic N) is 1. The first kappa shape index (κ1) is 7.61. The van der Waals surface area contributed by atoms with Crippen LogP contribution in [-0.2, 0) is 0 Å². The summed E-state index contributed by atoms with van der Waals surface area (Å²) in [5.74, 6) is 0.891. The third kappa shape index (κ3) is 1.76. The van der Waals surface area contributed by atoms with E-state index in [1.807, 2.05) is 6.20 Å². The van der Waals surface area contributed by atoms with E-state index in [1.54, 1.807) is 6.20 Å². The SMILES string of the molecule is c1c[nH]c(NC2CCNCC2)n1. The summed E-state index contributed by atoms with van der Waals surface area (Å²) in [5, 5.41) is 6.68. The van der Waals surface area contributed by atoms with Crippen LogP contribution in [0.15, 0.2) is 12.4 Å². The van der Waals surface area contributed by atoms with Crippen molar-refractivity contribution in [3.05, 3.63) is 12.4 Å². The molecular weight excluding hydrogens is 152 g/mol. The molecule has 0 amide bonds. The van der Waals surface area contributed by atoms with E-state index in [0.717, 1.165) is 19.0 Å². The van der Waals surface area contributed by atoms with Crippen molar-refractivity contribution < 1.29 is 0 Å². The highest BCUT2D eigenvalue weighted by atomic mass is 15.1. The molecule has 4 heteroatoms. The average Bonchev–Trinajstić information content (AvgIpc) is 2.59. The van der Waals surface area contributed by atoms with Gasteiger partial charge in [-0.15, -0.1) is 0 Å². The van der Waals surface area contributed by atoms with Crippen molar-refractivity contribution in [2.75, 3.05) is 18.4 Å². The zero-order chi connectivity index (χ0) is 8.23. The Kier molecular flexibility index (Phi) is 2.27. The van der Waals surface area contributed by atoms with Crippen molar-refractivity contribution in [3.63, 3.8) is 0 Å². The Morgan fingerprint density at radius 3 is 2.92 bits per heavy atom. The lowest BCUT2D eigenvalue weighted by molar-refractivity contribution is 0.477. The lowest BCUT2D eigenvalue weighted by atomic mass is 10.1. The largest absolute Gasteiger partial charge is 0.353 e. The normalized spacial score (nSPS) is 19.3. The smallest absolute Gasteiger partial charge is 0.200 e. The Morgan fingerprint density at radius 2 is 2.25 bits per heavy atom. The number of aromatic amines is 1. The van der Waals surface area contributed by atoms with Gasteiger partial charge in [0.2, 0.25) is 0 Å². The van der Waals surface area contributed by atoms with Gasteiger partial charge >= 0.3 is 0 Å². The molecule has 0 unspecified atom stereocenters. The number of hydrogen-bond donors (Lipinski definition) is 3.